The maximum Gasteiger partial charge on any atom is 0.246 e. The average Bonchev–Trinajstić information content (AvgIpc) is 3.16. The zero-order valence-corrected chi connectivity index (χ0v) is 17.9. The van der Waals surface area contributed by atoms with Gasteiger partial charge < -0.3 is 14.6 Å². The smallest absolute Gasteiger partial charge is 0.246 e. The number of rotatable bonds is 5. The van der Waals surface area contributed by atoms with Gasteiger partial charge in [0.2, 0.25) is 11.8 Å². The molecule has 2 heterocycles. The van der Waals surface area contributed by atoms with Crippen LogP contribution in [0.3, 0.4) is 0 Å². The summed E-state index contributed by atoms with van der Waals surface area (Å²) in [5.41, 5.74) is 1.85. The van der Waals surface area contributed by atoms with Gasteiger partial charge in [0.1, 0.15) is 11.3 Å². The van der Waals surface area contributed by atoms with Crippen LogP contribution in [0.25, 0.3) is 17.0 Å². The Balaban J connectivity index is 1.32. The molecule has 1 saturated heterocycles. The number of likely N-dealkylation sites (tertiary alicyclic amines) is 1. The first-order chi connectivity index (χ1) is 14.7. The summed E-state index contributed by atoms with van der Waals surface area (Å²) in [6.45, 7) is 3.43. The van der Waals surface area contributed by atoms with Crippen LogP contribution in [0.5, 0.6) is 0 Å². The van der Waals surface area contributed by atoms with E-state index in [1.165, 1.54) is 19.3 Å². The van der Waals surface area contributed by atoms with Gasteiger partial charge in [-0.25, -0.2) is 0 Å². The molecule has 4 rings (SSSR count). The van der Waals surface area contributed by atoms with Gasteiger partial charge >= 0.3 is 0 Å². The number of amides is 2. The predicted octanol–water partition coefficient (Wildman–Crippen LogP) is 4.70. The summed E-state index contributed by atoms with van der Waals surface area (Å²) in [6.07, 6.45) is 11.6. The minimum absolute atomic E-state index is 0.0272. The molecular formula is C25H32N2O3. The molecule has 2 fully saturated rings. The van der Waals surface area contributed by atoms with Crippen LogP contribution >= 0.6 is 0 Å². The van der Waals surface area contributed by atoms with Gasteiger partial charge in [-0.05, 0) is 37.8 Å². The lowest BCUT2D eigenvalue weighted by Gasteiger charge is -2.33. The van der Waals surface area contributed by atoms with Gasteiger partial charge in [0.25, 0.3) is 0 Å². The Morgan fingerprint density at radius 3 is 2.57 bits per heavy atom. The number of hydrogen-bond acceptors (Lipinski definition) is 3. The van der Waals surface area contributed by atoms with E-state index in [2.05, 4.69) is 12.2 Å². The third-order valence-electron chi connectivity index (χ3n) is 6.55. The molecule has 1 N–H and O–H groups in total. The predicted molar refractivity (Wildman–Crippen MR) is 119 cm³/mol. The van der Waals surface area contributed by atoms with E-state index >= 15 is 0 Å². The summed E-state index contributed by atoms with van der Waals surface area (Å²) in [5.74, 6) is 1.35. The summed E-state index contributed by atoms with van der Waals surface area (Å²) >= 11 is 0. The summed E-state index contributed by atoms with van der Waals surface area (Å²) in [6, 6.07) is 8.13. The molecule has 0 bridgehead atoms. The van der Waals surface area contributed by atoms with Crippen LogP contribution in [0.4, 0.5) is 0 Å². The van der Waals surface area contributed by atoms with Gasteiger partial charge in [0.05, 0.1) is 0 Å². The Morgan fingerprint density at radius 1 is 1.10 bits per heavy atom. The SMILES string of the molecule is CCc1oc2ccccc2c1/C=C/C(=O)N1CCC(NC(=O)C2CCCCC2)CC1. The van der Waals surface area contributed by atoms with Crippen LogP contribution in [-0.4, -0.2) is 35.8 Å². The Morgan fingerprint density at radius 2 is 1.83 bits per heavy atom. The zero-order valence-electron chi connectivity index (χ0n) is 17.9. The van der Waals surface area contributed by atoms with Crippen LogP contribution < -0.4 is 5.32 Å². The second-order valence-corrected chi connectivity index (χ2v) is 8.57. The number of carbonyl (C=O) groups excluding carboxylic acids is 2. The van der Waals surface area contributed by atoms with E-state index in [-0.39, 0.29) is 23.8 Å². The molecule has 1 aliphatic carbocycles. The molecule has 160 valence electrons. The summed E-state index contributed by atoms with van der Waals surface area (Å²) in [7, 11) is 0. The van der Waals surface area contributed by atoms with Crippen molar-refractivity contribution in [1.29, 1.82) is 0 Å². The molecule has 1 saturated carbocycles. The van der Waals surface area contributed by atoms with Crippen molar-refractivity contribution in [3.05, 3.63) is 41.7 Å². The molecule has 0 spiro atoms. The number of fused-ring (bicyclic) bond motifs is 1. The standard InChI is InChI=1S/C25H32N2O3/c1-2-22-21(20-10-6-7-11-23(20)30-22)12-13-24(28)27-16-14-19(15-17-27)26-25(29)18-8-4-3-5-9-18/h6-7,10-13,18-19H,2-5,8-9,14-17H2,1H3,(H,26,29)/b13-12+. The van der Waals surface area contributed by atoms with E-state index in [4.69, 9.17) is 4.42 Å². The largest absolute Gasteiger partial charge is 0.460 e. The van der Waals surface area contributed by atoms with Crippen molar-refractivity contribution in [2.24, 2.45) is 5.92 Å². The summed E-state index contributed by atoms with van der Waals surface area (Å²) in [4.78, 5) is 27.1. The minimum atomic E-state index is 0.0272. The molecule has 5 heteroatoms. The molecule has 0 atom stereocenters. The summed E-state index contributed by atoms with van der Waals surface area (Å²) in [5, 5.41) is 4.27. The van der Waals surface area contributed by atoms with Crippen molar-refractivity contribution >= 4 is 28.9 Å². The topological polar surface area (TPSA) is 62.6 Å². The van der Waals surface area contributed by atoms with Gasteiger partial charge in [-0.3, -0.25) is 9.59 Å². The number of furan rings is 1. The lowest BCUT2D eigenvalue weighted by atomic mass is 9.88. The first kappa shape index (κ1) is 20.7. The highest BCUT2D eigenvalue weighted by Gasteiger charge is 2.26. The fourth-order valence-electron chi connectivity index (χ4n) is 4.75. The van der Waals surface area contributed by atoms with Crippen LogP contribution in [0, 0.1) is 5.92 Å². The third-order valence-corrected chi connectivity index (χ3v) is 6.55. The molecule has 2 aromatic rings. The van der Waals surface area contributed by atoms with E-state index in [1.54, 1.807) is 6.08 Å². The van der Waals surface area contributed by atoms with Crippen molar-refractivity contribution in [2.75, 3.05) is 13.1 Å². The lowest BCUT2D eigenvalue weighted by molar-refractivity contribution is -0.128. The molecule has 2 amide bonds. The fourth-order valence-corrected chi connectivity index (χ4v) is 4.75. The van der Waals surface area contributed by atoms with E-state index in [9.17, 15) is 9.59 Å². The van der Waals surface area contributed by atoms with Crippen LogP contribution in [-0.2, 0) is 16.0 Å². The summed E-state index contributed by atoms with van der Waals surface area (Å²) < 4.78 is 5.91. The number of hydrogen-bond donors (Lipinski definition) is 1. The van der Waals surface area contributed by atoms with E-state index < -0.39 is 0 Å². The second-order valence-electron chi connectivity index (χ2n) is 8.57. The molecular weight excluding hydrogens is 376 g/mol. The monoisotopic (exact) mass is 408 g/mol. The molecule has 5 nitrogen and oxygen atoms in total. The maximum atomic E-state index is 12.7. The van der Waals surface area contributed by atoms with Gasteiger partial charge in [-0.2, -0.15) is 0 Å². The van der Waals surface area contributed by atoms with Gasteiger partial charge in [-0.1, -0.05) is 44.4 Å². The van der Waals surface area contributed by atoms with Crippen molar-refractivity contribution < 1.29 is 14.0 Å². The third kappa shape index (κ3) is 4.61. The van der Waals surface area contributed by atoms with Crippen LogP contribution in [0.15, 0.2) is 34.8 Å². The number of nitrogens with one attached hydrogen (secondary N) is 1. The Labute approximate surface area is 178 Å². The van der Waals surface area contributed by atoms with E-state index in [1.807, 2.05) is 35.2 Å². The quantitative estimate of drug-likeness (QED) is 0.730. The molecule has 1 aromatic heterocycles. The van der Waals surface area contributed by atoms with Crippen molar-refractivity contribution in [1.82, 2.24) is 10.2 Å². The highest BCUT2D eigenvalue weighted by atomic mass is 16.3. The number of nitrogens with zero attached hydrogens (tertiary/aromatic N) is 1. The number of aryl methyl sites for hydroxylation is 1. The van der Waals surface area contributed by atoms with Gasteiger partial charge in [-0.15, -0.1) is 0 Å². The van der Waals surface area contributed by atoms with Crippen molar-refractivity contribution in [2.45, 2.75) is 64.3 Å². The van der Waals surface area contributed by atoms with Crippen LogP contribution in [0.1, 0.15) is 63.2 Å². The Hall–Kier alpha value is -2.56. The first-order valence-corrected chi connectivity index (χ1v) is 11.4. The highest BCUT2D eigenvalue weighted by Crippen LogP contribution is 2.28. The number of piperidine rings is 1. The van der Waals surface area contributed by atoms with Gasteiger partial charge in [0, 0.05) is 48.5 Å². The number of carbonyl (C=O) groups is 2. The Kier molecular flexibility index (Phi) is 6.56. The molecule has 2 aliphatic rings. The van der Waals surface area contributed by atoms with E-state index in [0.717, 1.165) is 54.4 Å². The minimum Gasteiger partial charge on any atom is -0.460 e. The fraction of sp³-hybridized carbons (Fsp3) is 0.520. The molecule has 0 radical (unpaired) electrons. The Bertz CT molecular complexity index is 916. The second kappa shape index (κ2) is 9.50. The maximum absolute atomic E-state index is 12.7. The molecule has 1 aromatic carbocycles. The van der Waals surface area contributed by atoms with Crippen molar-refractivity contribution in [3.63, 3.8) is 0 Å². The first-order valence-electron chi connectivity index (χ1n) is 11.4. The van der Waals surface area contributed by atoms with Gasteiger partial charge in [0.15, 0.2) is 0 Å². The normalized spacial score (nSPS) is 18.9. The molecule has 0 unspecified atom stereocenters. The van der Waals surface area contributed by atoms with Crippen LogP contribution in [0.2, 0.25) is 0 Å². The number of para-hydroxylation sites is 1. The average molecular weight is 409 g/mol. The molecule has 1 aliphatic heterocycles. The lowest BCUT2D eigenvalue weighted by Crippen LogP contribution is -2.47. The highest BCUT2D eigenvalue weighted by molar-refractivity contribution is 5.96. The molecule has 30 heavy (non-hydrogen) atoms. The number of benzene rings is 1. The van der Waals surface area contributed by atoms with Crippen molar-refractivity contribution in [3.8, 4) is 0 Å². The zero-order chi connectivity index (χ0) is 20.9. The van der Waals surface area contributed by atoms with E-state index in [0.29, 0.717) is 13.1 Å².